The van der Waals surface area contributed by atoms with Crippen molar-refractivity contribution in [2.45, 2.75) is 43.7 Å². The second kappa shape index (κ2) is 5.81. The lowest BCUT2D eigenvalue weighted by atomic mass is 9.90. The maximum Gasteiger partial charge on any atom is 0.257 e. The van der Waals surface area contributed by atoms with Crippen LogP contribution in [0.4, 0.5) is 0 Å². The molecule has 0 aromatic carbocycles. The van der Waals surface area contributed by atoms with Gasteiger partial charge in [-0.05, 0) is 18.8 Å². The number of aliphatic hydroxyl groups is 1. The van der Waals surface area contributed by atoms with Gasteiger partial charge in [0, 0.05) is 12.1 Å². The van der Waals surface area contributed by atoms with E-state index in [1.807, 2.05) is 0 Å². The molecule has 0 bridgehead atoms. The molecule has 102 valence electrons. The van der Waals surface area contributed by atoms with Crippen molar-refractivity contribution < 1.29 is 13.5 Å². The van der Waals surface area contributed by atoms with Crippen molar-refractivity contribution in [2.24, 2.45) is 5.92 Å². The minimum atomic E-state index is -3.59. The summed E-state index contributed by atoms with van der Waals surface area (Å²) < 4.78 is 26.6. The first-order valence-electron chi connectivity index (χ1n) is 6.26. The zero-order valence-electron chi connectivity index (χ0n) is 10.2. The molecule has 7 heteroatoms. The number of hydrogen-bond donors (Lipinski definition) is 3. The highest BCUT2D eigenvalue weighted by molar-refractivity contribution is 7.89. The van der Waals surface area contributed by atoms with Crippen molar-refractivity contribution in [1.82, 2.24) is 14.9 Å². The third kappa shape index (κ3) is 3.09. The number of aliphatic hydroxyl groups excluding tert-OH is 1. The van der Waals surface area contributed by atoms with Crippen molar-refractivity contribution in [1.29, 1.82) is 0 Å². The Bertz CT molecular complexity index is 477. The summed E-state index contributed by atoms with van der Waals surface area (Å²) in [5.74, 6) is 0.425. The second-order valence-electron chi connectivity index (χ2n) is 4.74. The molecule has 18 heavy (non-hydrogen) atoms. The topological polar surface area (TPSA) is 95.1 Å². The molecule has 0 aliphatic heterocycles. The van der Waals surface area contributed by atoms with Crippen LogP contribution in [-0.2, 0) is 16.6 Å². The molecule has 0 unspecified atom stereocenters. The van der Waals surface area contributed by atoms with Crippen LogP contribution in [0.1, 0.15) is 37.7 Å². The highest BCUT2D eigenvalue weighted by Crippen LogP contribution is 2.23. The van der Waals surface area contributed by atoms with E-state index in [0.29, 0.717) is 18.0 Å². The minimum absolute atomic E-state index is 0.0270. The molecule has 1 aliphatic carbocycles. The van der Waals surface area contributed by atoms with Crippen LogP contribution in [0.5, 0.6) is 0 Å². The molecule has 1 aliphatic rings. The average molecular weight is 273 g/mol. The van der Waals surface area contributed by atoms with Crippen LogP contribution in [-0.4, -0.2) is 30.3 Å². The number of sulfonamides is 1. The molecule has 0 amide bonds. The zero-order valence-corrected chi connectivity index (χ0v) is 11.0. The maximum atomic E-state index is 12.0. The lowest BCUT2D eigenvalue weighted by Crippen LogP contribution is -2.31. The van der Waals surface area contributed by atoms with Crippen molar-refractivity contribution in [3.05, 3.63) is 11.8 Å². The highest BCUT2D eigenvalue weighted by atomic mass is 32.2. The fourth-order valence-electron chi connectivity index (χ4n) is 2.34. The van der Waals surface area contributed by atoms with Gasteiger partial charge in [-0.3, -0.25) is 5.10 Å². The van der Waals surface area contributed by atoms with Gasteiger partial charge in [0.25, 0.3) is 10.0 Å². The average Bonchev–Trinajstić information content (AvgIpc) is 2.87. The Morgan fingerprint density at radius 2 is 2.11 bits per heavy atom. The molecule has 6 nitrogen and oxygen atoms in total. The molecule has 1 heterocycles. The first kappa shape index (κ1) is 13.5. The van der Waals surface area contributed by atoms with Crippen LogP contribution in [0.3, 0.4) is 0 Å². The van der Waals surface area contributed by atoms with Gasteiger partial charge in [0.15, 0.2) is 5.03 Å². The van der Waals surface area contributed by atoms with Gasteiger partial charge < -0.3 is 5.11 Å². The molecular weight excluding hydrogens is 254 g/mol. The van der Waals surface area contributed by atoms with Crippen molar-refractivity contribution in [2.75, 3.05) is 6.54 Å². The van der Waals surface area contributed by atoms with E-state index in [4.69, 9.17) is 5.11 Å². The zero-order chi connectivity index (χ0) is 13.0. The summed E-state index contributed by atoms with van der Waals surface area (Å²) >= 11 is 0. The Kier molecular flexibility index (Phi) is 4.36. The monoisotopic (exact) mass is 273 g/mol. The van der Waals surface area contributed by atoms with E-state index in [9.17, 15) is 8.42 Å². The Hall–Kier alpha value is -0.920. The van der Waals surface area contributed by atoms with E-state index < -0.39 is 10.0 Å². The Labute approximate surface area is 107 Å². The van der Waals surface area contributed by atoms with Gasteiger partial charge in [-0.2, -0.15) is 5.10 Å². The predicted molar refractivity (Wildman–Crippen MR) is 66.3 cm³/mol. The van der Waals surface area contributed by atoms with E-state index >= 15 is 0 Å². The Morgan fingerprint density at radius 1 is 1.39 bits per heavy atom. The summed E-state index contributed by atoms with van der Waals surface area (Å²) in [4.78, 5) is 0. The van der Waals surface area contributed by atoms with Crippen molar-refractivity contribution >= 4 is 10.0 Å². The van der Waals surface area contributed by atoms with Gasteiger partial charge in [0.2, 0.25) is 0 Å². The van der Waals surface area contributed by atoms with Crippen LogP contribution in [0.15, 0.2) is 11.2 Å². The third-order valence-corrected chi connectivity index (χ3v) is 4.84. The van der Waals surface area contributed by atoms with Gasteiger partial charge in [-0.1, -0.05) is 19.3 Å². The summed E-state index contributed by atoms with van der Waals surface area (Å²) in [5.41, 5.74) is 0.297. The molecule has 2 rings (SSSR count). The number of nitrogens with zero attached hydrogens (tertiary/aromatic N) is 1. The van der Waals surface area contributed by atoms with E-state index in [0.717, 1.165) is 12.8 Å². The molecule has 0 saturated heterocycles. The largest absolute Gasteiger partial charge is 0.392 e. The fraction of sp³-hybridized carbons (Fsp3) is 0.727. The lowest BCUT2D eigenvalue weighted by molar-refractivity contribution is 0.278. The standard InChI is InChI=1S/C11H19N3O3S/c15-8-10-7-12-14-11(10)18(16,17)13-6-9-4-2-1-3-5-9/h7,9,13,15H,1-6,8H2,(H,12,14). The van der Waals surface area contributed by atoms with Crippen LogP contribution in [0, 0.1) is 5.92 Å². The number of rotatable bonds is 5. The number of nitrogens with one attached hydrogen (secondary N) is 2. The third-order valence-electron chi connectivity index (χ3n) is 3.40. The number of aromatic amines is 1. The summed E-state index contributed by atoms with van der Waals surface area (Å²) in [6.07, 6.45) is 7.10. The molecule has 1 aromatic heterocycles. The van der Waals surface area contributed by atoms with Crippen molar-refractivity contribution in [3.8, 4) is 0 Å². The molecular formula is C11H19N3O3S. The summed E-state index contributed by atoms with van der Waals surface area (Å²) in [5, 5.41) is 15.1. The molecule has 3 N–H and O–H groups in total. The van der Waals surface area contributed by atoms with Gasteiger partial charge in [-0.15, -0.1) is 0 Å². The first-order valence-corrected chi connectivity index (χ1v) is 7.74. The van der Waals surface area contributed by atoms with E-state index in [1.165, 1.54) is 25.5 Å². The molecule has 1 aromatic rings. The van der Waals surface area contributed by atoms with E-state index in [1.54, 1.807) is 0 Å². The van der Waals surface area contributed by atoms with Gasteiger partial charge >= 0.3 is 0 Å². The molecule has 0 spiro atoms. The Morgan fingerprint density at radius 3 is 2.78 bits per heavy atom. The van der Waals surface area contributed by atoms with Crippen LogP contribution in [0.2, 0.25) is 0 Å². The molecule has 0 radical (unpaired) electrons. The maximum absolute atomic E-state index is 12.0. The lowest BCUT2D eigenvalue weighted by Gasteiger charge is -2.21. The molecule has 1 saturated carbocycles. The van der Waals surface area contributed by atoms with Gasteiger partial charge in [0.05, 0.1) is 12.8 Å². The Balaban J connectivity index is 1.99. The van der Waals surface area contributed by atoms with Crippen LogP contribution >= 0.6 is 0 Å². The number of hydrogen-bond acceptors (Lipinski definition) is 4. The highest BCUT2D eigenvalue weighted by Gasteiger charge is 2.22. The van der Waals surface area contributed by atoms with Crippen LogP contribution < -0.4 is 4.72 Å². The normalized spacial score (nSPS) is 18.1. The SMILES string of the molecule is O=S(=O)(NCC1CCCCC1)c1[nH]ncc1CO. The summed E-state index contributed by atoms with van der Waals surface area (Å²) in [6, 6.07) is 0. The number of H-pyrrole nitrogens is 1. The van der Waals surface area contributed by atoms with Crippen molar-refractivity contribution in [3.63, 3.8) is 0 Å². The van der Waals surface area contributed by atoms with Crippen LogP contribution in [0.25, 0.3) is 0 Å². The smallest absolute Gasteiger partial charge is 0.257 e. The van der Waals surface area contributed by atoms with Gasteiger partial charge in [0.1, 0.15) is 0 Å². The predicted octanol–water partition coefficient (Wildman–Crippen LogP) is 0.761. The first-order chi connectivity index (χ1) is 8.63. The van der Waals surface area contributed by atoms with E-state index in [-0.39, 0.29) is 11.6 Å². The summed E-state index contributed by atoms with van der Waals surface area (Å²) in [7, 11) is -3.59. The summed E-state index contributed by atoms with van der Waals surface area (Å²) in [6.45, 7) is 0.127. The van der Waals surface area contributed by atoms with E-state index in [2.05, 4.69) is 14.9 Å². The molecule has 1 fully saturated rings. The number of aromatic nitrogens is 2. The minimum Gasteiger partial charge on any atom is -0.392 e. The quantitative estimate of drug-likeness (QED) is 0.738. The fourth-order valence-corrected chi connectivity index (χ4v) is 3.57. The second-order valence-corrected chi connectivity index (χ2v) is 6.44. The molecule has 0 atom stereocenters. The van der Waals surface area contributed by atoms with Gasteiger partial charge in [-0.25, -0.2) is 13.1 Å².